The third kappa shape index (κ3) is 5.97. The van der Waals surface area contributed by atoms with Gasteiger partial charge in [-0.1, -0.05) is 12.1 Å². The molecule has 0 heterocycles. The molecule has 2 N–H and O–H groups in total. The number of benzene rings is 2. The van der Waals surface area contributed by atoms with Gasteiger partial charge in [-0.25, -0.2) is 13.1 Å². The van der Waals surface area contributed by atoms with Crippen molar-refractivity contribution in [3.05, 3.63) is 53.6 Å². The molecule has 0 saturated heterocycles. The molecule has 0 atom stereocenters. The molecule has 146 valence electrons. The lowest BCUT2D eigenvalue weighted by Gasteiger charge is -2.11. The minimum Gasteiger partial charge on any atom is -0.497 e. The fourth-order valence-corrected chi connectivity index (χ4v) is 3.73. The van der Waals surface area contributed by atoms with Gasteiger partial charge < -0.3 is 14.8 Å². The third-order valence-electron chi connectivity index (χ3n) is 3.96. The Labute approximate surface area is 159 Å². The Kier molecular flexibility index (Phi) is 7.20. The molecular formula is C19H24N2O5S. The van der Waals surface area contributed by atoms with Crippen molar-refractivity contribution in [2.24, 2.45) is 0 Å². The fourth-order valence-electron chi connectivity index (χ4n) is 2.53. The van der Waals surface area contributed by atoms with E-state index in [1.807, 2.05) is 24.3 Å². The van der Waals surface area contributed by atoms with E-state index in [0.29, 0.717) is 24.3 Å². The predicted molar refractivity (Wildman–Crippen MR) is 103 cm³/mol. The van der Waals surface area contributed by atoms with Crippen molar-refractivity contribution < 1.29 is 22.7 Å². The molecule has 2 aromatic rings. The highest BCUT2D eigenvalue weighted by Crippen LogP contribution is 2.20. The molecule has 2 rings (SSSR count). The molecule has 1 amide bonds. The molecule has 0 bridgehead atoms. The summed E-state index contributed by atoms with van der Waals surface area (Å²) in [6.07, 6.45) is 0.618. The van der Waals surface area contributed by atoms with E-state index in [-0.39, 0.29) is 11.4 Å². The average molecular weight is 392 g/mol. The lowest BCUT2D eigenvalue weighted by molar-refractivity contribution is -0.119. The molecule has 27 heavy (non-hydrogen) atoms. The number of hydrogen-bond acceptors (Lipinski definition) is 5. The number of aryl methyl sites for hydroxylation is 1. The van der Waals surface area contributed by atoms with Crippen LogP contribution >= 0.6 is 0 Å². The molecule has 0 saturated carbocycles. The zero-order chi connectivity index (χ0) is 19.9. The van der Waals surface area contributed by atoms with Crippen LogP contribution in [-0.4, -0.2) is 41.6 Å². The maximum Gasteiger partial charge on any atom is 0.241 e. The van der Waals surface area contributed by atoms with Crippen LogP contribution in [0.25, 0.3) is 0 Å². The van der Waals surface area contributed by atoms with E-state index in [4.69, 9.17) is 9.47 Å². The second-order valence-electron chi connectivity index (χ2n) is 5.91. The van der Waals surface area contributed by atoms with Gasteiger partial charge in [-0.2, -0.15) is 0 Å². The van der Waals surface area contributed by atoms with E-state index < -0.39 is 15.9 Å². The van der Waals surface area contributed by atoms with Crippen LogP contribution in [-0.2, 0) is 21.2 Å². The van der Waals surface area contributed by atoms with Gasteiger partial charge in [0.25, 0.3) is 0 Å². The maximum absolute atomic E-state index is 12.4. The van der Waals surface area contributed by atoms with Crippen molar-refractivity contribution in [3.8, 4) is 11.5 Å². The van der Waals surface area contributed by atoms with Gasteiger partial charge in [-0.05, 0) is 54.8 Å². The molecular weight excluding hydrogens is 368 g/mol. The summed E-state index contributed by atoms with van der Waals surface area (Å²) in [5.41, 5.74) is 1.56. The molecule has 0 unspecified atom stereocenters. The van der Waals surface area contributed by atoms with E-state index >= 15 is 0 Å². The molecule has 0 fully saturated rings. The largest absolute Gasteiger partial charge is 0.497 e. The van der Waals surface area contributed by atoms with Gasteiger partial charge in [0, 0.05) is 6.54 Å². The highest BCUT2D eigenvalue weighted by molar-refractivity contribution is 7.89. The van der Waals surface area contributed by atoms with E-state index in [1.165, 1.54) is 13.2 Å². The summed E-state index contributed by atoms with van der Waals surface area (Å²) in [7, 11) is -0.674. The lowest BCUT2D eigenvalue weighted by Crippen LogP contribution is -2.37. The number of sulfonamides is 1. The van der Waals surface area contributed by atoms with Crippen molar-refractivity contribution in [1.82, 2.24) is 10.0 Å². The van der Waals surface area contributed by atoms with E-state index in [1.54, 1.807) is 26.2 Å². The second-order valence-corrected chi connectivity index (χ2v) is 7.64. The molecule has 7 nitrogen and oxygen atoms in total. The summed E-state index contributed by atoms with van der Waals surface area (Å²) in [5, 5.41) is 2.70. The summed E-state index contributed by atoms with van der Waals surface area (Å²) in [4.78, 5) is 12.1. The van der Waals surface area contributed by atoms with Crippen LogP contribution in [0.1, 0.15) is 11.1 Å². The molecule has 2 aromatic carbocycles. The van der Waals surface area contributed by atoms with Crippen LogP contribution in [0, 0.1) is 6.92 Å². The van der Waals surface area contributed by atoms with E-state index in [9.17, 15) is 13.2 Å². The van der Waals surface area contributed by atoms with Crippen LogP contribution < -0.4 is 19.5 Å². The Morgan fingerprint density at radius 1 is 1.04 bits per heavy atom. The van der Waals surface area contributed by atoms with Gasteiger partial charge in [0.15, 0.2) is 0 Å². The number of amides is 1. The number of methoxy groups -OCH3 is 2. The first-order chi connectivity index (χ1) is 12.9. The third-order valence-corrected chi connectivity index (χ3v) is 5.53. The first kappa shape index (κ1) is 20.7. The zero-order valence-electron chi connectivity index (χ0n) is 15.6. The van der Waals surface area contributed by atoms with Crippen molar-refractivity contribution in [2.75, 3.05) is 27.3 Å². The highest BCUT2D eigenvalue weighted by Gasteiger charge is 2.18. The van der Waals surface area contributed by atoms with Crippen molar-refractivity contribution in [1.29, 1.82) is 0 Å². The first-order valence-electron chi connectivity index (χ1n) is 8.39. The van der Waals surface area contributed by atoms with Crippen LogP contribution in [0.5, 0.6) is 11.5 Å². The summed E-state index contributed by atoms with van der Waals surface area (Å²) < 4.78 is 37.3. The van der Waals surface area contributed by atoms with E-state index in [0.717, 1.165) is 11.3 Å². The number of hydrogen-bond donors (Lipinski definition) is 2. The van der Waals surface area contributed by atoms with Crippen LogP contribution in [0.4, 0.5) is 0 Å². The molecule has 0 aliphatic carbocycles. The summed E-state index contributed by atoms with van der Waals surface area (Å²) in [5.74, 6) is 0.927. The Balaban J connectivity index is 1.85. The predicted octanol–water partition coefficient (Wildman–Crippen LogP) is 1.65. The average Bonchev–Trinajstić information content (AvgIpc) is 2.66. The molecule has 8 heteroatoms. The molecule has 0 aromatic heterocycles. The molecule has 0 spiro atoms. The van der Waals surface area contributed by atoms with Gasteiger partial charge >= 0.3 is 0 Å². The smallest absolute Gasteiger partial charge is 0.241 e. The van der Waals surface area contributed by atoms with Gasteiger partial charge in [0.05, 0.1) is 25.7 Å². The van der Waals surface area contributed by atoms with Crippen LogP contribution in [0.2, 0.25) is 0 Å². The summed E-state index contributed by atoms with van der Waals surface area (Å²) >= 11 is 0. The Morgan fingerprint density at radius 2 is 1.74 bits per heavy atom. The van der Waals surface area contributed by atoms with Crippen molar-refractivity contribution in [3.63, 3.8) is 0 Å². The normalized spacial score (nSPS) is 11.1. The van der Waals surface area contributed by atoms with Crippen LogP contribution in [0.3, 0.4) is 0 Å². The fraction of sp³-hybridized carbons (Fsp3) is 0.316. The molecule has 0 aliphatic heterocycles. The highest BCUT2D eigenvalue weighted by atomic mass is 32.2. The number of nitrogens with one attached hydrogen (secondary N) is 2. The zero-order valence-corrected chi connectivity index (χ0v) is 16.4. The minimum absolute atomic E-state index is 0.118. The first-order valence-corrected chi connectivity index (χ1v) is 9.88. The summed E-state index contributed by atoms with van der Waals surface area (Å²) in [6.45, 7) is 1.74. The van der Waals surface area contributed by atoms with Crippen LogP contribution in [0.15, 0.2) is 47.4 Å². The SMILES string of the molecule is COc1cccc(CCNC(=O)CNS(=O)(=O)c2ccc(OC)cc2C)c1. The minimum atomic E-state index is -3.78. The van der Waals surface area contributed by atoms with Gasteiger partial charge in [-0.3, -0.25) is 4.79 Å². The van der Waals surface area contributed by atoms with Gasteiger partial charge in [0.1, 0.15) is 11.5 Å². The van der Waals surface area contributed by atoms with Crippen molar-refractivity contribution >= 4 is 15.9 Å². The lowest BCUT2D eigenvalue weighted by atomic mass is 10.1. The monoisotopic (exact) mass is 392 g/mol. The number of ether oxygens (including phenoxy) is 2. The summed E-state index contributed by atoms with van der Waals surface area (Å²) in [6, 6.07) is 12.2. The number of rotatable bonds is 9. The van der Waals surface area contributed by atoms with Gasteiger partial charge in [-0.15, -0.1) is 0 Å². The number of carbonyl (C=O) groups excluding carboxylic acids is 1. The Hall–Kier alpha value is -2.58. The van der Waals surface area contributed by atoms with Gasteiger partial charge in [0.2, 0.25) is 15.9 Å². The topological polar surface area (TPSA) is 93.7 Å². The van der Waals surface area contributed by atoms with Crippen molar-refractivity contribution in [2.45, 2.75) is 18.2 Å². The maximum atomic E-state index is 12.4. The number of carbonyl (C=O) groups is 1. The standard InChI is InChI=1S/C19H24N2O5S/c1-14-11-17(26-3)7-8-18(14)27(23,24)21-13-19(22)20-10-9-15-5-4-6-16(12-15)25-2/h4-8,11-12,21H,9-10,13H2,1-3H3,(H,20,22). The Bertz CT molecular complexity index is 897. The van der Waals surface area contributed by atoms with E-state index in [2.05, 4.69) is 10.0 Å². The Morgan fingerprint density at radius 3 is 2.41 bits per heavy atom. The molecule has 0 aliphatic rings. The second kappa shape index (κ2) is 9.38. The quantitative estimate of drug-likeness (QED) is 0.677. The molecule has 0 radical (unpaired) electrons.